The summed E-state index contributed by atoms with van der Waals surface area (Å²) >= 11 is 0. The van der Waals surface area contributed by atoms with Crippen LogP contribution in [0.3, 0.4) is 0 Å². The van der Waals surface area contributed by atoms with Crippen LogP contribution in [0, 0.1) is 0 Å². The van der Waals surface area contributed by atoms with Crippen LogP contribution in [-0.4, -0.2) is 48.3 Å². The van der Waals surface area contributed by atoms with Crippen molar-refractivity contribution in [2.45, 2.75) is 0 Å². The van der Waals surface area contributed by atoms with E-state index >= 15 is 0 Å². The molecule has 8 heteroatoms. The molecule has 0 saturated heterocycles. The third-order valence-corrected chi connectivity index (χ3v) is 1.03. The SMILES string of the molecule is O=C(O)CNCCNCC(=O)O.[H-].[H-].[Na+].[Na+]. The van der Waals surface area contributed by atoms with Crippen LogP contribution in [0.5, 0.6) is 0 Å². The Balaban J connectivity index is -0.000000101. The quantitative estimate of drug-likeness (QED) is 0.253. The molecule has 0 aliphatic rings. The first kappa shape index (κ1) is 20.3. The van der Waals surface area contributed by atoms with Crippen LogP contribution < -0.4 is 69.7 Å². The van der Waals surface area contributed by atoms with E-state index < -0.39 is 11.9 Å². The third kappa shape index (κ3) is 18.6. The molecule has 14 heavy (non-hydrogen) atoms. The van der Waals surface area contributed by atoms with Gasteiger partial charge in [0.05, 0.1) is 13.1 Å². The second kappa shape index (κ2) is 13.9. The maximum atomic E-state index is 9.96. The minimum atomic E-state index is -0.923. The zero-order valence-electron chi connectivity index (χ0n) is 10.5. The molecule has 6 nitrogen and oxygen atoms in total. The van der Waals surface area contributed by atoms with Gasteiger partial charge in [0.25, 0.3) is 0 Å². The molecule has 0 atom stereocenters. The van der Waals surface area contributed by atoms with E-state index in [-0.39, 0.29) is 75.1 Å². The van der Waals surface area contributed by atoms with Gasteiger partial charge in [-0.2, -0.15) is 0 Å². The fourth-order valence-corrected chi connectivity index (χ4v) is 0.567. The maximum absolute atomic E-state index is 9.96. The Labute approximate surface area is 129 Å². The van der Waals surface area contributed by atoms with Gasteiger partial charge in [-0.05, 0) is 0 Å². The van der Waals surface area contributed by atoms with Crippen molar-refractivity contribution in [3.63, 3.8) is 0 Å². The number of carbonyl (C=O) groups is 2. The molecule has 0 bridgehead atoms. The van der Waals surface area contributed by atoms with E-state index in [1.807, 2.05) is 0 Å². The molecule has 0 fully saturated rings. The molecule has 0 aliphatic heterocycles. The van der Waals surface area contributed by atoms with Gasteiger partial charge in [0.2, 0.25) is 0 Å². The Morgan fingerprint density at radius 1 is 0.929 bits per heavy atom. The number of rotatable bonds is 7. The largest absolute Gasteiger partial charge is 1.00 e. The van der Waals surface area contributed by atoms with Crippen LogP contribution in [0.25, 0.3) is 0 Å². The van der Waals surface area contributed by atoms with Gasteiger partial charge in [0.1, 0.15) is 0 Å². The first-order valence-corrected chi connectivity index (χ1v) is 3.48. The monoisotopic (exact) mass is 224 g/mol. The minimum Gasteiger partial charge on any atom is -1.00 e. The van der Waals surface area contributed by atoms with Crippen molar-refractivity contribution in [1.29, 1.82) is 0 Å². The normalized spacial score (nSPS) is 8.29. The fourth-order valence-electron chi connectivity index (χ4n) is 0.567. The second-order valence-corrected chi connectivity index (χ2v) is 2.14. The zero-order chi connectivity index (χ0) is 9.40. The van der Waals surface area contributed by atoms with Crippen molar-refractivity contribution < 1.29 is 81.8 Å². The number of hydrogen-bond donors (Lipinski definition) is 4. The molecule has 4 N–H and O–H groups in total. The van der Waals surface area contributed by atoms with Crippen LogP contribution in [0.2, 0.25) is 0 Å². The van der Waals surface area contributed by atoms with Gasteiger partial charge < -0.3 is 23.7 Å². The van der Waals surface area contributed by atoms with Crippen LogP contribution in [0.15, 0.2) is 0 Å². The topological polar surface area (TPSA) is 98.7 Å². The van der Waals surface area contributed by atoms with Crippen molar-refractivity contribution in [2.75, 3.05) is 26.2 Å². The van der Waals surface area contributed by atoms with Gasteiger partial charge in [0.15, 0.2) is 0 Å². The maximum Gasteiger partial charge on any atom is 1.00 e. The molecular weight excluding hydrogens is 210 g/mol. The Kier molecular flexibility index (Phi) is 20.1. The van der Waals surface area contributed by atoms with Gasteiger partial charge >= 0.3 is 71.1 Å². The smallest absolute Gasteiger partial charge is 1.00 e. The Morgan fingerprint density at radius 3 is 1.43 bits per heavy atom. The molecule has 0 radical (unpaired) electrons. The van der Waals surface area contributed by atoms with E-state index in [0.29, 0.717) is 13.1 Å². The van der Waals surface area contributed by atoms with E-state index in [0.717, 1.165) is 0 Å². The van der Waals surface area contributed by atoms with Gasteiger partial charge in [0, 0.05) is 13.1 Å². The van der Waals surface area contributed by atoms with Crippen molar-refractivity contribution in [2.24, 2.45) is 0 Å². The molecular formula is C6H14N2Na2O4. The molecule has 0 spiro atoms. The van der Waals surface area contributed by atoms with Gasteiger partial charge in [-0.1, -0.05) is 0 Å². The Morgan fingerprint density at radius 2 is 1.21 bits per heavy atom. The summed E-state index contributed by atoms with van der Waals surface area (Å²) in [5, 5.41) is 21.6. The number of carboxylic acid groups (broad SMARTS) is 2. The molecule has 0 heterocycles. The predicted molar refractivity (Wildman–Crippen MR) is 43.2 cm³/mol. The van der Waals surface area contributed by atoms with E-state index in [1.165, 1.54) is 0 Å². The number of hydrogen-bond acceptors (Lipinski definition) is 4. The van der Waals surface area contributed by atoms with Crippen molar-refractivity contribution >= 4 is 11.9 Å². The summed E-state index contributed by atoms with van der Waals surface area (Å²) in [5.74, 6) is -1.85. The molecule has 0 amide bonds. The number of carboxylic acids is 2. The Bertz CT molecular complexity index is 159. The van der Waals surface area contributed by atoms with E-state index in [2.05, 4.69) is 10.6 Å². The molecule has 0 aromatic carbocycles. The van der Waals surface area contributed by atoms with Crippen LogP contribution in [0.1, 0.15) is 2.85 Å². The van der Waals surface area contributed by atoms with Crippen molar-refractivity contribution in [3.8, 4) is 0 Å². The molecule has 0 aromatic heterocycles. The molecule has 0 unspecified atom stereocenters. The summed E-state index contributed by atoms with van der Waals surface area (Å²) in [6, 6.07) is 0. The van der Waals surface area contributed by atoms with E-state index in [9.17, 15) is 9.59 Å². The fraction of sp³-hybridized carbons (Fsp3) is 0.667. The number of aliphatic carboxylic acids is 2. The van der Waals surface area contributed by atoms with Gasteiger partial charge in [-0.25, -0.2) is 0 Å². The first-order valence-electron chi connectivity index (χ1n) is 3.48. The summed E-state index contributed by atoms with van der Waals surface area (Å²) in [6.45, 7) is 0.683. The summed E-state index contributed by atoms with van der Waals surface area (Å²) in [5.41, 5.74) is 0. The summed E-state index contributed by atoms with van der Waals surface area (Å²) < 4.78 is 0. The van der Waals surface area contributed by atoms with E-state index in [4.69, 9.17) is 10.2 Å². The van der Waals surface area contributed by atoms with E-state index in [1.54, 1.807) is 0 Å². The summed E-state index contributed by atoms with van der Waals surface area (Å²) in [6.07, 6.45) is 0. The van der Waals surface area contributed by atoms with Crippen molar-refractivity contribution in [3.05, 3.63) is 0 Å². The average molecular weight is 224 g/mol. The Hall–Kier alpha value is 0.860. The standard InChI is InChI=1S/C6H12N2O4.2Na.2H/c9-5(10)3-7-1-2-8-4-6(11)12;;;;/h7-8H,1-4H2,(H,9,10)(H,11,12);;;;/q;2*+1;2*-1. The molecule has 0 aromatic rings. The van der Waals surface area contributed by atoms with Crippen LogP contribution in [0.4, 0.5) is 0 Å². The zero-order valence-corrected chi connectivity index (χ0v) is 12.5. The first-order chi connectivity index (χ1) is 5.63. The molecule has 0 rings (SSSR count). The molecule has 74 valence electrons. The molecule has 0 saturated carbocycles. The van der Waals surface area contributed by atoms with Crippen LogP contribution in [-0.2, 0) is 9.59 Å². The number of nitrogens with one attached hydrogen (secondary N) is 2. The predicted octanol–water partition coefficient (Wildman–Crippen LogP) is -7.43. The molecule has 0 aliphatic carbocycles. The minimum absolute atomic E-state index is 0. The third-order valence-electron chi connectivity index (χ3n) is 1.03. The van der Waals surface area contributed by atoms with Crippen molar-refractivity contribution in [1.82, 2.24) is 10.6 Å². The summed E-state index contributed by atoms with van der Waals surface area (Å²) in [7, 11) is 0. The van der Waals surface area contributed by atoms with Gasteiger partial charge in [-0.15, -0.1) is 0 Å². The summed E-state index contributed by atoms with van der Waals surface area (Å²) in [4.78, 5) is 19.9. The average Bonchev–Trinajstić information content (AvgIpc) is 1.95. The van der Waals surface area contributed by atoms with Crippen LogP contribution >= 0.6 is 0 Å². The van der Waals surface area contributed by atoms with Gasteiger partial charge in [-0.3, -0.25) is 9.59 Å². The second-order valence-electron chi connectivity index (χ2n) is 2.14.